The van der Waals surface area contributed by atoms with Crippen molar-refractivity contribution in [1.82, 2.24) is 0 Å². The lowest BCUT2D eigenvalue weighted by atomic mass is 10.0. The summed E-state index contributed by atoms with van der Waals surface area (Å²) in [6.07, 6.45) is 18.5. The highest BCUT2D eigenvalue weighted by Crippen LogP contribution is 2.40. The molecule has 0 aliphatic heterocycles. The topological polar surface area (TPSA) is 51.2 Å². The van der Waals surface area contributed by atoms with Crippen LogP contribution in [0.2, 0.25) is 0 Å². The van der Waals surface area contributed by atoms with Crippen LogP contribution in [0.3, 0.4) is 0 Å². The lowest BCUT2D eigenvalue weighted by Crippen LogP contribution is -2.39. The van der Waals surface area contributed by atoms with E-state index in [1.807, 2.05) is 0 Å². The number of phenols is 1. The zero-order valence-electron chi connectivity index (χ0n) is 30.7. The van der Waals surface area contributed by atoms with Crippen LogP contribution in [0.15, 0.2) is 12.1 Å². The predicted molar refractivity (Wildman–Crippen MR) is 186 cm³/mol. The maximum absolute atomic E-state index is 14.6. The number of nitrogens with zero attached hydrogens (tertiary/aromatic N) is 1. The molecule has 0 aromatic heterocycles. The first-order valence-corrected chi connectivity index (χ1v) is 18.3. The van der Waals surface area contributed by atoms with Crippen molar-refractivity contribution < 1.29 is 63.0 Å². The molecular weight excluding hydrogens is 735 g/mol. The molecule has 300 valence electrons. The van der Waals surface area contributed by atoms with Crippen LogP contribution in [0, 0.1) is 58.2 Å². The van der Waals surface area contributed by atoms with E-state index in [-0.39, 0.29) is 29.2 Å². The maximum Gasteiger partial charge on any atom is 0.864 e. The average Bonchev–Trinajstić information content (AvgIpc) is 3.15. The number of rotatable bonds is 24. The second-order valence-electron chi connectivity index (χ2n) is 13.3. The first kappa shape index (κ1) is 44.4. The number of hydrogen-bond acceptors (Lipinski definition) is 5. The molecule has 3 rings (SSSR count). The van der Waals surface area contributed by atoms with Gasteiger partial charge in [-0.05, 0) is 25.0 Å². The van der Waals surface area contributed by atoms with Crippen molar-refractivity contribution in [1.29, 1.82) is 0 Å². The summed E-state index contributed by atoms with van der Waals surface area (Å²) >= 11 is 0. The normalized spacial score (nSPS) is 11.3. The van der Waals surface area contributed by atoms with Crippen LogP contribution in [0.5, 0.6) is 23.0 Å². The van der Waals surface area contributed by atoms with Crippen molar-refractivity contribution in [2.45, 2.75) is 116 Å². The number of halogens is 10. The largest absolute Gasteiger partial charge is 0.864 e. The third kappa shape index (κ3) is 11.8. The van der Waals surface area contributed by atoms with Crippen LogP contribution >= 0.6 is 0 Å². The van der Waals surface area contributed by atoms with Gasteiger partial charge in [0.1, 0.15) is 11.5 Å². The molecule has 16 heteroatoms. The first-order chi connectivity index (χ1) is 25.7. The van der Waals surface area contributed by atoms with E-state index in [1.54, 1.807) is 0 Å². The standard InChI is InChI=1S/C38H46BF10NO4/c1-4-5-6-7-8-9-10-11-12-13-14-15-16-17-18-19-20-23-24(51)21-22-25(36(23)50(2)3)52-39(53-37-32(46)28(42)26(40)29(43)33(37)47)54-38-34(48)30(44)27(41)31(45)35(38)49/h21-22,51H,4-20H2,1-3H3. The molecule has 5 nitrogen and oxygen atoms in total. The van der Waals surface area contributed by atoms with Gasteiger partial charge in [-0.1, -0.05) is 103 Å². The van der Waals surface area contributed by atoms with Crippen molar-refractivity contribution >= 4 is 13.0 Å². The van der Waals surface area contributed by atoms with Gasteiger partial charge in [0, 0.05) is 19.7 Å². The lowest BCUT2D eigenvalue weighted by molar-refractivity contribution is 0.260. The Morgan fingerprint density at radius 2 is 0.815 bits per heavy atom. The molecule has 0 fully saturated rings. The Labute approximate surface area is 309 Å². The van der Waals surface area contributed by atoms with Gasteiger partial charge in [0.25, 0.3) is 0 Å². The summed E-state index contributed by atoms with van der Waals surface area (Å²) in [5, 5.41) is 10.7. The smallest absolute Gasteiger partial charge is 0.508 e. The van der Waals surface area contributed by atoms with E-state index >= 15 is 0 Å². The van der Waals surface area contributed by atoms with Crippen LogP contribution in [-0.4, -0.2) is 26.5 Å². The third-order valence-electron chi connectivity index (χ3n) is 8.94. The molecule has 0 aliphatic rings. The molecule has 0 saturated carbocycles. The number of benzene rings is 3. The first-order valence-electron chi connectivity index (χ1n) is 18.3. The van der Waals surface area contributed by atoms with Gasteiger partial charge in [0.05, 0.1) is 5.69 Å². The van der Waals surface area contributed by atoms with E-state index in [4.69, 9.17) is 14.0 Å². The molecule has 0 radical (unpaired) electrons. The predicted octanol–water partition coefficient (Wildman–Crippen LogP) is 12.2. The third-order valence-corrected chi connectivity index (χ3v) is 8.94. The highest BCUT2D eigenvalue weighted by molar-refractivity contribution is 6.39. The number of hydrogen-bond donors (Lipinski definition) is 1. The molecule has 0 heterocycles. The second kappa shape index (κ2) is 21.8. The minimum absolute atomic E-state index is 0.0722. The number of phenolic OH excluding ortho intramolecular Hbond substituents is 1. The van der Waals surface area contributed by atoms with Gasteiger partial charge < -0.3 is 24.0 Å². The molecule has 0 saturated heterocycles. The van der Waals surface area contributed by atoms with E-state index in [0.29, 0.717) is 6.42 Å². The number of aromatic hydroxyl groups is 1. The van der Waals surface area contributed by atoms with E-state index in [1.165, 1.54) is 83.2 Å². The molecule has 0 unspecified atom stereocenters. The summed E-state index contributed by atoms with van der Waals surface area (Å²) in [7, 11) is 0.0471. The zero-order valence-corrected chi connectivity index (χ0v) is 30.7. The van der Waals surface area contributed by atoms with E-state index in [9.17, 15) is 49.0 Å². The summed E-state index contributed by atoms with van der Waals surface area (Å²) in [6.45, 7) is 2.21. The highest BCUT2D eigenvalue weighted by Gasteiger charge is 2.40. The van der Waals surface area contributed by atoms with Gasteiger partial charge in [-0.25, -0.2) is 26.3 Å². The van der Waals surface area contributed by atoms with Crippen molar-refractivity contribution in [2.24, 2.45) is 0 Å². The van der Waals surface area contributed by atoms with Crippen LogP contribution in [-0.2, 0) is 6.42 Å². The highest BCUT2D eigenvalue weighted by atomic mass is 19.2. The molecule has 0 spiro atoms. The fraction of sp³-hybridized carbons (Fsp3) is 0.526. The number of unbranched alkanes of at least 4 members (excludes halogenated alkanes) is 15. The van der Waals surface area contributed by atoms with Crippen molar-refractivity contribution in [3.63, 3.8) is 0 Å². The summed E-state index contributed by atoms with van der Waals surface area (Å²) in [5.41, 5.74) is 0.344. The van der Waals surface area contributed by atoms with Gasteiger partial charge in [-0.15, -0.1) is 0 Å². The Kier molecular flexibility index (Phi) is 17.9. The van der Waals surface area contributed by atoms with Crippen molar-refractivity contribution in [3.05, 3.63) is 75.9 Å². The summed E-state index contributed by atoms with van der Waals surface area (Å²) < 4.78 is 156. The number of anilines is 1. The second-order valence-corrected chi connectivity index (χ2v) is 13.3. The van der Waals surface area contributed by atoms with Crippen LogP contribution in [0.1, 0.15) is 115 Å². The molecule has 3 aromatic rings. The summed E-state index contributed by atoms with van der Waals surface area (Å²) in [6, 6.07) is 2.18. The molecule has 0 atom stereocenters. The molecular formula is C38H46BF10NO4. The van der Waals surface area contributed by atoms with Crippen LogP contribution in [0.25, 0.3) is 0 Å². The van der Waals surface area contributed by atoms with Crippen LogP contribution in [0.4, 0.5) is 49.6 Å². The Balaban J connectivity index is 1.71. The SMILES string of the molecule is CCCCCCCCCCCCCCCCCCc1c(O)ccc(OB(Oc2c(F)c(F)c(F)c(F)c2F)Oc2c(F)c(F)c(F)c(F)c2F)c1N(C)C. The summed E-state index contributed by atoms with van der Waals surface area (Å²) in [4.78, 5) is 1.41. The fourth-order valence-corrected chi connectivity index (χ4v) is 6.03. The van der Waals surface area contributed by atoms with E-state index in [2.05, 4.69) is 6.92 Å². The molecule has 1 N–H and O–H groups in total. The van der Waals surface area contributed by atoms with Gasteiger partial charge in [0.15, 0.2) is 11.5 Å². The maximum atomic E-state index is 14.6. The minimum atomic E-state index is -2.93. The van der Waals surface area contributed by atoms with Crippen LogP contribution < -0.4 is 18.9 Å². The quantitative estimate of drug-likeness (QED) is 0.0323. The van der Waals surface area contributed by atoms with Crippen molar-refractivity contribution in [3.8, 4) is 23.0 Å². The minimum Gasteiger partial charge on any atom is -0.508 e. The Bertz CT molecular complexity index is 1550. The van der Waals surface area contributed by atoms with Gasteiger partial charge in [0.2, 0.25) is 58.2 Å². The van der Waals surface area contributed by atoms with Crippen molar-refractivity contribution in [2.75, 3.05) is 19.0 Å². The molecule has 0 aliphatic carbocycles. The average molecular weight is 782 g/mol. The molecule has 0 bridgehead atoms. The molecule has 0 amide bonds. The van der Waals surface area contributed by atoms with E-state index in [0.717, 1.165) is 44.2 Å². The van der Waals surface area contributed by atoms with E-state index < -0.39 is 77.0 Å². The van der Waals surface area contributed by atoms with Gasteiger partial charge in [-0.2, -0.15) is 17.6 Å². The Hall–Kier alpha value is -3.98. The molecule has 54 heavy (non-hydrogen) atoms. The fourth-order valence-electron chi connectivity index (χ4n) is 6.03. The van der Waals surface area contributed by atoms with Gasteiger partial charge in [-0.3, -0.25) is 0 Å². The Morgan fingerprint density at radius 3 is 1.17 bits per heavy atom. The summed E-state index contributed by atoms with van der Waals surface area (Å²) in [5.74, 6) is -29.9. The molecule has 3 aromatic carbocycles. The zero-order chi connectivity index (χ0) is 39.9. The lowest BCUT2D eigenvalue weighted by Gasteiger charge is -2.25. The monoisotopic (exact) mass is 781 g/mol. The Morgan fingerprint density at radius 1 is 0.481 bits per heavy atom. The van der Waals surface area contributed by atoms with Gasteiger partial charge >= 0.3 is 7.32 Å².